The van der Waals surface area contributed by atoms with Crippen molar-refractivity contribution < 1.29 is 26.0 Å². The summed E-state index contributed by atoms with van der Waals surface area (Å²) in [7, 11) is 0. The summed E-state index contributed by atoms with van der Waals surface area (Å²) in [6, 6.07) is 0. The summed E-state index contributed by atoms with van der Waals surface area (Å²) >= 11 is 0.473. The van der Waals surface area contributed by atoms with Crippen LogP contribution in [0.1, 0.15) is 59.8 Å². The van der Waals surface area contributed by atoms with E-state index in [1.165, 1.54) is 30.1 Å². The molecule has 1 fully saturated rings. The van der Waals surface area contributed by atoms with Crippen molar-refractivity contribution in [3.05, 3.63) is 0 Å². The molecule has 1 aliphatic rings. The first-order chi connectivity index (χ1) is 8.13. The van der Waals surface area contributed by atoms with E-state index < -0.39 is 0 Å². The number of rotatable bonds is 5. The van der Waals surface area contributed by atoms with Crippen molar-refractivity contribution in [2.45, 2.75) is 59.8 Å². The average molecular weight is 353 g/mol. The molecule has 0 aromatic rings. The molecule has 0 N–H and O–H groups in total. The summed E-state index contributed by atoms with van der Waals surface area (Å²) in [5.74, 6) is 2.44. The van der Waals surface area contributed by atoms with E-state index in [-0.39, 0.29) is 5.92 Å². The van der Waals surface area contributed by atoms with E-state index in [0.29, 0.717) is 32.9 Å². The Morgan fingerprint density at radius 2 is 1.59 bits per heavy atom. The van der Waals surface area contributed by atoms with Crippen LogP contribution >= 0.6 is 0 Å². The molecule has 1 aliphatic carbocycles. The molecule has 0 aromatic heterocycles. The molecular formula is C15H30IO-. The van der Waals surface area contributed by atoms with Crippen molar-refractivity contribution in [1.82, 2.24) is 0 Å². The Bertz CT molecular complexity index is 193. The first-order valence-electron chi connectivity index (χ1n) is 7.10. The first kappa shape index (κ1) is 17.4. The third-order valence-electron chi connectivity index (χ3n) is 3.47. The maximum absolute atomic E-state index is 11.6. The van der Waals surface area contributed by atoms with Gasteiger partial charge in [0.15, 0.2) is 0 Å². The predicted octanol–water partition coefficient (Wildman–Crippen LogP) is 1.15. The van der Waals surface area contributed by atoms with Crippen molar-refractivity contribution in [1.29, 1.82) is 0 Å². The van der Waals surface area contributed by atoms with Gasteiger partial charge in [0.1, 0.15) is 0 Å². The number of ketones is 1. The van der Waals surface area contributed by atoms with Gasteiger partial charge in [-0.1, -0.05) is 13.8 Å². The van der Waals surface area contributed by atoms with E-state index in [4.69, 9.17) is 0 Å². The van der Waals surface area contributed by atoms with Crippen LogP contribution in [0.2, 0.25) is 0 Å². The van der Waals surface area contributed by atoms with Crippen molar-refractivity contribution in [3.63, 3.8) is 0 Å². The van der Waals surface area contributed by atoms with Crippen LogP contribution in [0.5, 0.6) is 0 Å². The van der Waals surface area contributed by atoms with E-state index in [0.717, 1.165) is 12.3 Å². The Kier molecular flexibility index (Phi) is 10.6. The molecule has 0 spiro atoms. The van der Waals surface area contributed by atoms with E-state index in [1.54, 1.807) is 0 Å². The van der Waals surface area contributed by atoms with Gasteiger partial charge in [-0.2, -0.15) is 0 Å². The molecule has 0 heterocycles. The summed E-state index contributed by atoms with van der Waals surface area (Å²) in [5.41, 5.74) is 0. The van der Waals surface area contributed by atoms with Crippen molar-refractivity contribution in [2.75, 3.05) is 9.36 Å². The molecule has 0 atom stereocenters. The number of alkyl halides is 2. The number of halogens is 1. The number of carbonyl (C=O) groups is 1. The topological polar surface area (TPSA) is 17.1 Å². The fourth-order valence-electron chi connectivity index (χ4n) is 2.33. The zero-order chi connectivity index (χ0) is 13.3. The van der Waals surface area contributed by atoms with Crippen LogP contribution < -0.4 is 21.2 Å². The molecule has 1 rings (SSSR count). The van der Waals surface area contributed by atoms with Crippen LogP contribution in [0.3, 0.4) is 0 Å². The Morgan fingerprint density at radius 3 is 2.00 bits per heavy atom. The molecule has 0 unspecified atom stereocenters. The van der Waals surface area contributed by atoms with Crippen molar-refractivity contribution in [2.24, 2.45) is 17.8 Å². The predicted molar refractivity (Wildman–Crippen MR) is 72.0 cm³/mol. The molecule has 0 aromatic carbocycles. The van der Waals surface area contributed by atoms with Gasteiger partial charge in [-0.3, -0.25) is 0 Å². The van der Waals surface area contributed by atoms with Crippen molar-refractivity contribution >= 4 is 5.78 Å². The molecule has 1 saturated carbocycles. The molecule has 1 nitrogen and oxygen atoms in total. The molecule has 0 aliphatic heterocycles. The third-order valence-corrected chi connectivity index (χ3v) is 5.60. The van der Waals surface area contributed by atoms with Gasteiger partial charge in [0.05, 0.1) is 0 Å². The van der Waals surface area contributed by atoms with Gasteiger partial charge < -0.3 is 0 Å². The van der Waals surface area contributed by atoms with Crippen LogP contribution in [-0.2, 0) is 4.79 Å². The Balaban J connectivity index is 0.00000121. The first-order valence-corrected chi connectivity index (χ1v) is 10.8. The van der Waals surface area contributed by atoms with Crippen LogP contribution in [-0.4, -0.2) is 15.1 Å². The van der Waals surface area contributed by atoms with Gasteiger partial charge in [0.2, 0.25) is 0 Å². The van der Waals surface area contributed by atoms with Crippen LogP contribution in [0.25, 0.3) is 0 Å². The van der Waals surface area contributed by atoms with E-state index in [9.17, 15) is 4.79 Å². The van der Waals surface area contributed by atoms with Gasteiger partial charge in [0.25, 0.3) is 0 Å². The van der Waals surface area contributed by atoms with E-state index >= 15 is 0 Å². The van der Waals surface area contributed by atoms with Gasteiger partial charge in [-0.05, 0) is 0 Å². The van der Waals surface area contributed by atoms with Crippen LogP contribution in [0, 0.1) is 17.8 Å². The maximum atomic E-state index is 11.6. The minimum atomic E-state index is 0.240. The quantitative estimate of drug-likeness (QED) is 0.535. The Hall–Kier alpha value is 0.400. The second kappa shape index (κ2) is 10.3. The summed E-state index contributed by atoms with van der Waals surface area (Å²) < 4.78 is 1.50. The fraction of sp³-hybridized carbons (Fsp3) is 0.933. The van der Waals surface area contributed by atoms with Crippen LogP contribution in [0.4, 0.5) is 0 Å². The summed E-state index contributed by atoms with van der Waals surface area (Å²) in [6.07, 6.45) is 6.26. The second-order valence-electron chi connectivity index (χ2n) is 5.13. The van der Waals surface area contributed by atoms with E-state index in [2.05, 4.69) is 4.93 Å². The molecule has 2 heteroatoms. The molecule has 17 heavy (non-hydrogen) atoms. The second-order valence-corrected chi connectivity index (χ2v) is 7.54. The molecular weight excluding hydrogens is 323 g/mol. The molecule has 0 amide bonds. The number of hydrogen-bond donors (Lipinski definition) is 0. The summed E-state index contributed by atoms with van der Waals surface area (Å²) in [6.45, 7) is 8.05. The zero-order valence-electron chi connectivity index (χ0n) is 12.3. The monoisotopic (exact) mass is 353 g/mol. The minimum absolute atomic E-state index is 0.240. The Morgan fingerprint density at radius 1 is 1.12 bits per heavy atom. The van der Waals surface area contributed by atoms with Gasteiger partial charge in [0, 0.05) is 0 Å². The summed E-state index contributed by atoms with van der Waals surface area (Å²) in [4.78, 5) is 14.0. The fourth-order valence-corrected chi connectivity index (χ4v) is 4.45. The number of Topliss-reactive ketones (excluding diaryl/α,β-unsaturated/α-hetero) is 1. The zero-order valence-corrected chi connectivity index (χ0v) is 14.4. The average Bonchev–Trinajstić information content (AvgIpc) is 2.34. The number of carbonyl (C=O) groups excluding carboxylic acids is 1. The van der Waals surface area contributed by atoms with Gasteiger partial charge >= 0.3 is 105 Å². The van der Waals surface area contributed by atoms with Crippen molar-refractivity contribution in [3.8, 4) is 0 Å². The molecule has 0 saturated heterocycles. The van der Waals surface area contributed by atoms with Gasteiger partial charge in [-0.15, -0.1) is 0 Å². The third kappa shape index (κ3) is 7.43. The van der Waals surface area contributed by atoms with Gasteiger partial charge in [-0.25, -0.2) is 0 Å². The SMILES string of the molecule is CC.C[I-]CC1CCC(CC(=O)C(C)C)CC1. The molecule has 0 bridgehead atoms. The Labute approximate surface area is 118 Å². The van der Waals surface area contributed by atoms with E-state index in [1.807, 2.05) is 27.7 Å². The standard InChI is InChI=1S/C13H24IO.C2H6/c1-10(2)13(15)8-11-4-6-12(7-5-11)9-14-3;1-2/h10-12H,4-9H2,1-3H3;1-2H3/q-1;. The van der Waals surface area contributed by atoms with Crippen LogP contribution in [0.15, 0.2) is 0 Å². The molecule has 0 radical (unpaired) electrons. The normalized spacial score (nSPS) is 24.4. The number of hydrogen-bond acceptors (Lipinski definition) is 1. The summed E-state index contributed by atoms with van der Waals surface area (Å²) in [5, 5.41) is 0. The molecule has 104 valence electrons.